The standard InChI is InChI=1S/C15H23NO3/c1-10(2)12-9-11(5-7-14(12)19-4)13(17)6-8-15(18)16-3/h5,7,9-10,13,17H,6,8H2,1-4H3,(H,16,18). The molecule has 0 aliphatic rings. The zero-order valence-electron chi connectivity index (χ0n) is 12.1. The van der Waals surface area contributed by atoms with Crippen molar-refractivity contribution in [1.29, 1.82) is 0 Å². The molecule has 4 heteroatoms. The molecule has 19 heavy (non-hydrogen) atoms. The number of carbonyl (C=O) groups excluding carboxylic acids is 1. The third-order valence-electron chi connectivity index (χ3n) is 3.18. The van der Waals surface area contributed by atoms with Gasteiger partial charge in [0.25, 0.3) is 0 Å². The zero-order chi connectivity index (χ0) is 14.4. The summed E-state index contributed by atoms with van der Waals surface area (Å²) in [7, 11) is 3.24. The van der Waals surface area contributed by atoms with Crippen LogP contribution in [0.15, 0.2) is 18.2 Å². The normalized spacial score (nSPS) is 12.3. The van der Waals surface area contributed by atoms with E-state index in [0.29, 0.717) is 18.8 Å². The Morgan fingerprint density at radius 1 is 1.42 bits per heavy atom. The maximum Gasteiger partial charge on any atom is 0.219 e. The number of aliphatic hydroxyl groups excluding tert-OH is 1. The number of nitrogens with one attached hydrogen (secondary N) is 1. The van der Waals surface area contributed by atoms with Gasteiger partial charge in [0, 0.05) is 13.5 Å². The number of ether oxygens (including phenoxy) is 1. The van der Waals surface area contributed by atoms with E-state index in [9.17, 15) is 9.90 Å². The molecular formula is C15H23NO3. The van der Waals surface area contributed by atoms with Crippen LogP contribution in [0.3, 0.4) is 0 Å². The number of hydrogen-bond acceptors (Lipinski definition) is 3. The van der Waals surface area contributed by atoms with Crippen molar-refractivity contribution in [3.05, 3.63) is 29.3 Å². The minimum Gasteiger partial charge on any atom is -0.496 e. The van der Waals surface area contributed by atoms with Crippen molar-refractivity contribution in [2.75, 3.05) is 14.2 Å². The largest absolute Gasteiger partial charge is 0.496 e. The van der Waals surface area contributed by atoms with Gasteiger partial charge in [-0.15, -0.1) is 0 Å². The van der Waals surface area contributed by atoms with Crippen LogP contribution in [-0.4, -0.2) is 25.2 Å². The van der Waals surface area contributed by atoms with E-state index in [4.69, 9.17) is 4.74 Å². The second-order valence-electron chi connectivity index (χ2n) is 4.88. The second-order valence-corrected chi connectivity index (χ2v) is 4.88. The van der Waals surface area contributed by atoms with Crippen molar-refractivity contribution in [3.63, 3.8) is 0 Å². The summed E-state index contributed by atoms with van der Waals surface area (Å²) in [6, 6.07) is 5.67. The highest BCUT2D eigenvalue weighted by Gasteiger charge is 2.14. The number of benzene rings is 1. The van der Waals surface area contributed by atoms with Gasteiger partial charge in [-0.2, -0.15) is 0 Å². The molecule has 106 valence electrons. The zero-order valence-corrected chi connectivity index (χ0v) is 12.1. The van der Waals surface area contributed by atoms with Gasteiger partial charge < -0.3 is 15.2 Å². The lowest BCUT2D eigenvalue weighted by atomic mass is 9.96. The van der Waals surface area contributed by atoms with Gasteiger partial charge >= 0.3 is 0 Å². The molecule has 0 aliphatic heterocycles. The van der Waals surface area contributed by atoms with Crippen LogP contribution in [0.1, 0.15) is 49.8 Å². The predicted octanol–water partition coefficient (Wildman–Crippen LogP) is 2.38. The average Bonchev–Trinajstić information content (AvgIpc) is 2.43. The first-order chi connectivity index (χ1) is 8.99. The SMILES string of the molecule is CNC(=O)CCC(O)c1ccc(OC)c(C(C)C)c1. The first-order valence-corrected chi connectivity index (χ1v) is 6.56. The molecule has 0 aromatic heterocycles. The molecule has 0 heterocycles. The van der Waals surface area contributed by atoms with Gasteiger partial charge in [-0.05, 0) is 35.6 Å². The maximum absolute atomic E-state index is 11.2. The Labute approximate surface area is 114 Å². The Kier molecular flexibility index (Phi) is 5.83. The van der Waals surface area contributed by atoms with E-state index in [1.807, 2.05) is 18.2 Å². The Balaban J connectivity index is 2.83. The highest BCUT2D eigenvalue weighted by Crippen LogP contribution is 2.30. The van der Waals surface area contributed by atoms with Gasteiger partial charge in [-0.3, -0.25) is 4.79 Å². The molecule has 1 aromatic rings. The van der Waals surface area contributed by atoms with E-state index >= 15 is 0 Å². The van der Waals surface area contributed by atoms with Crippen LogP contribution >= 0.6 is 0 Å². The minimum absolute atomic E-state index is 0.0587. The lowest BCUT2D eigenvalue weighted by Gasteiger charge is -2.16. The fourth-order valence-corrected chi connectivity index (χ4v) is 1.97. The van der Waals surface area contributed by atoms with Gasteiger partial charge in [0.1, 0.15) is 5.75 Å². The van der Waals surface area contributed by atoms with E-state index < -0.39 is 6.10 Å². The molecular weight excluding hydrogens is 242 g/mol. The minimum atomic E-state index is -0.624. The molecule has 1 atom stereocenters. The van der Waals surface area contributed by atoms with Crippen molar-refractivity contribution in [2.24, 2.45) is 0 Å². The van der Waals surface area contributed by atoms with Crippen LogP contribution in [0, 0.1) is 0 Å². The molecule has 1 rings (SSSR count). The van der Waals surface area contributed by atoms with Gasteiger partial charge in [0.15, 0.2) is 0 Å². The van der Waals surface area contributed by atoms with Crippen LogP contribution in [0.2, 0.25) is 0 Å². The average molecular weight is 265 g/mol. The number of amides is 1. The Hall–Kier alpha value is -1.55. The number of rotatable bonds is 6. The van der Waals surface area contributed by atoms with Crippen LogP contribution in [0.25, 0.3) is 0 Å². The van der Waals surface area contributed by atoms with Gasteiger partial charge in [-0.1, -0.05) is 19.9 Å². The van der Waals surface area contributed by atoms with Crippen molar-refractivity contribution in [1.82, 2.24) is 5.32 Å². The topological polar surface area (TPSA) is 58.6 Å². The summed E-state index contributed by atoms with van der Waals surface area (Å²) in [5.41, 5.74) is 1.90. The van der Waals surface area contributed by atoms with E-state index in [0.717, 1.165) is 16.9 Å². The molecule has 1 amide bonds. The summed E-state index contributed by atoms with van der Waals surface area (Å²) in [6.07, 6.45) is 0.116. The van der Waals surface area contributed by atoms with Crippen LogP contribution in [0.5, 0.6) is 5.75 Å². The third kappa shape index (κ3) is 4.24. The molecule has 1 unspecified atom stereocenters. The van der Waals surface area contributed by atoms with Gasteiger partial charge in [-0.25, -0.2) is 0 Å². The molecule has 0 saturated carbocycles. The highest BCUT2D eigenvalue weighted by atomic mass is 16.5. The fourth-order valence-electron chi connectivity index (χ4n) is 1.97. The summed E-state index contributed by atoms with van der Waals surface area (Å²) in [6.45, 7) is 4.16. The molecule has 0 spiro atoms. The lowest BCUT2D eigenvalue weighted by Crippen LogP contribution is -2.18. The molecule has 0 saturated heterocycles. The second kappa shape index (κ2) is 7.14. The van der Waals surface area contributed by atoms with Crippen molar-refractivity contribution >= 4 is 5.91 Å². The quantitative estimate of drug-likeness (QED) is 0.830. The van der Waals surface area contributed by atoms with Gasteiger partial charge in [0.2, 0.25) is 5.91 Å². The molecule has 0 bridgehead atoms. The maximum atomic E-state index is 11.2. The summed E-state index contributed by atoms with van der Waals surface area (Å²) in [5, 5.41) is 12.7. The predicted molar refractivity (Wildman–Crippen MR) is 75.3 cm³/mol. The molecule has 4 nitrogen and oxygen atoms in total. The monoisotopic (exact) mass is 265 g/mol. The van der Waals surface area contributed by atoms with Crippen molar-refractivity contribution in [3.8, 4) is 5.75 Å². The summed E-state index contributed by atoms with van der Waals surface area (Å²) in [5.74, 6) is 1.09. The van der Waals surface area contributed by atoms with Crippen LogP contribution < -0.4 is 10.1 Å². The summed E-state index contributed by atoms with van der Waals surface area (Å²) < 4.78 is 5.31. The first kappa shape index (κ1) is 15.5. The molecule has 2 N–H and O–H groups in total. The fraction of sp³-hybridized carbons (Fsp3) is 0.533. The van der Waals surface area contributed by atoms with E-state index in [1.54, 1.807) is 14.2 Å². The molecule has 0 aliphatic carbocycles. The highest BCUT2D eigenvalue weighted by molar-refractivity contribution is 5.75. The molecule has 0 radical (unpaired) electrons. The van der Waals surface area contributed by atoms with Crippen molar-refractivity contribution in [2.45, 2.75) is 38.7 Å². The number of aliphatic hydroxyl groups is 1. The number of hydrogen-bond donors (Lipinski definition) is 2. The van der Waals surface area contributed by atoms with Gasteiger partial charge in [0.05, 0.1) is 13.2 Å². The summed E-state index contributed by atoms with van der Waals surface area (Å²) >= 11 is 0. The van der Waals surface area contributed by atoms with E-state index in [2.05, 4.69) is 19.2 Å². The Bertz CT molecular complexity index is 429. The Morgan fingerprint density at radius 2 is 2.11 bits per heavy atom. The molecule has 0 fully saturated rings. The summed E-state index contributed by atoms with van der Waals surface area (Å²) in [4.78, 5) is 11.2. The van der Waals surface area contributed by atoms with Crippen LogP contribution in [-0.2, 0) is 4.79 Å². The van der Waals surface area contributed by atoms with E-state index in [-0.39, 0.29) is 5.91 Å². The third-order valence-corrected chi connectivity index (χ3v) is 3.18. The van der Waals surface area contributed by atoms with Crippen LogP contribution in [0.4, 0.5) is 0 Å². The van der Waals surface area contributed by atoms with Crippen molar-refractivity contribution < 1.29 is 14.6 Å². The molecule has 1 aromatic carbocycles. The number of carbonyl (C=O) groups is 1. The lowest BCUT2D eigenvalue weighted by molar-refractivity contribution is -0.121. The Morgan fingerprint density at radius 3 is 2.63 bits per heavy atom. The first-order valence-electron chi connectivity index (χ1n) is 6.56. The number of methoxy groups -OCH3 is 1. The van der Waals surface area contributed by atoms with E-state index in [1.165, 1.54) is 0 Å². The smallest absolute Gasteiger partial charge is 0.219 e.